The zero-order chi connectivity index (χ0) is 33.7. The summed E-state index contributed by atoms with van der Waals surface area (Å²) < 4.78 is 0. The predicted octanol–water partition coefficient (Wildman–Crippen LogP) is 13.6. The monoisotopic (exact) mass is 639 g/mol. The molecule has 238 valence electrons. The van der Waals surface area contributed by atoms with E-state index in [1.165, 1.54) is 66.4 Å². The highest BCUT2D eigenvalue weighted by molar-refractivity contribution is 6.05. The normalized spacial score (nSPS) is 12.8. The van der Waals surface area contributed by atoms with E-state index in [0.717, 1.165) is 17.1 Å². The van der Waals surface area contributed by atoms with Crippen LogP contribution in [-0.2, 0) is 5.41 Å². The SMILES string of the molecule is CC1(C)c2ccccc2-c2ccc(N(c3cccc(-c4ccccc4)c3-c3ccccc3-c3ccccc3)c3cccc4ccccc34)cc21. The van der Waals surface area contributed by atoms with Crippen molar-refractivity contribution in [1.82, 2.24) is 0 Å². The predicted molar refractivity (Wildman–Crippen MR) is 213 cm³/mol. The molecule has 0 spiro atoms. The molecule has 9 rings (SSSR count). The van der Waals surface area contributed by atoms with Crippen molar-refractivity contribution in [1.29, 1.82) is 0 Å². The number of nitrogens with zero attached hydrogens (tertiary/aromatic N) is 1. The number of hydrogen-bond donors (Lipinski definition) is 0. The molecule has 1 aliphatic carbocycles. The fourth-order valence-corrected chi connectivity index (χ4v) is 8.08. The summed E-state index contributed by atoms with van der Waals surface area (Å²) in [7, 11) is 0. The smallest absolute Gasteiger partial charge is 0.0546 e. The lowest BCUT2D eigenvalue weighted by atomic mass is 9.82. The Morgan fingerprint density at radius 3 is 1.70 bits per heavy atom. The van der Waals surface area contributed by atoms with Crippen molar-refractivity contribution >= 4 is 27.8 Å². The Kier molecular flexibility index (Phi) is 7.21. The molecule has 0 saturated heterocycles. The van der Waals surface area contributed by atoms with E-state index >= 15 is 0 Å². The van der Waals surface area contributed by atoms with Gasteiger partial charge in [0.2, 0.25) is 0 Å². The molecule has 0 aliphatic heterocycles. The molecular formula is C49H37N. The van der Waals surface area contributed by atoms with Crippen LogP contribution in [0.3, 0.4) is 0 Å². The molecule has 0 saturated carbocycles. The van der Waals surface area contributed by atoms with Crippen LogP contribution in [0.5, 0.6) is 0 Å². The molecule has 1 aliphatic rings. The molecule has 0 radical (unpaired) electrons. The fourth-order valence-electron chi connectivity index (χ4n) is 8.08. The average molecular weight is 640 g/mol. The first kappa shape index (κ1) is 29.9. The topological polar surface area (TPSA) is 3.24 Å². The highest BCUT2D eigenvalue weighted by Gasteiger charge is 2.36. The molecule has 0 fully saturated rings. The number of rotatable bonds is 6. The highest BCUT2D eigenvalue weighted by Crippen LogP contribution is 2.53. The van der Waals surface area contributed by atoms with Gasteiger partial charge in [-0.25, -0.2) is 0 Å². The zero-order valence-corrected chi connectivity index (χ0v) is 28.3. The lowest BCUT2D eigenvalue weighted by molar-refractivity contribution is 0.660. The molecule has 0 atom stereocenters. The van der Waals surface area contributed by atoms with Gasteiger partial charge in [0, 0.05) is 22.1 Å². The lowest BCUT2D eigenvalue weighted by Crippen LogP contribution is -2.17. The lowest BCUT2D eigenvalue weighted by Gasteiger charge is -2.32. The van der Waals surface area contributed by atoms with Crippen LogP contribution < -0.4 is 4.90 Å². The van der Waals surface area contributed by atoms with Gasteiger partial charge in [-0.2, -0.15) is 0 Å². The van der Waals surface area contributed by atoms with E-state index in [4.69, 9.17) is 0 Å². The number of fused-ring (bicyclic) bond motifs is 4. The second-order valence-corrected chi connectivity index (χ2v) is 13.7. The molecule has 0 N–H and O–H groups in total. The van der Waals surface area contributed by atoms with E-state index in [1.54, 1.807) is 0 Å². The van der Waals surface area contributed by atoms with Gasteiger partial charge >= 0.3 is 0 Å². The van der Waals surface area contributed by atoms with Crippen LogP contribution >= 0.6 is 0 Å². The van der Waals surface area contributed by atoms with Crippen molar-refractivity contribution in [3.63, 3.8) is 0 Å². The first-order valence-electron chi connectivity index (χ1n) is 17.5. The van der Waals surface area contributed by atoms with Gasteiger partial charge in [0.05, 0.1) is 11.4 Å². The highest BCUT2D eigenvalue weighted by atomic mass is 15.1. The summed E-state index contributed by atoms with van der Waals surface area (Å²) in [5.74, 6) is 0. The summed E-state index contributed by atoms with van der Waals surface area (Å²) in [5.41, 5.74) is 15.9. The standard InChI is InChI=1S/C49H37N/c1-49(2)44-28-14-13-25-41(44)42-32-31-37(33-45(42)49)50(46-29-15-22-35-21-9-10-24-39(35)46)47-30-16-27-40(36-19-7-4-8-20-36)48(47)43-26-12-11-23-38(43)34-17-5-3-6-18-34/h3-33H,1-2H3. The van der Waals surface area contributed by atoms with Crippen LogP contribution in [0.2, 0.25) is 0 Å². The van der Waals surface area contributed by atoms with E-state index in [0.29, 0.717) is 0 Å². The van der Waals surface area contributed by atoms with Gasteiger partial charge in [-0.1, -0.05) is 178 Å². The number of hydrogen-bond acceptors (Lipinski definition) is 1. The fraction of sp³-hybridized carbons (Fsp3) is 0.0612. The van der Waals surface area contributed by atoms with E-state index in [1.807, 2.05) is 0 Å². The molecule has 0 heterocycles. The van der Waals surface area contributed by atoms with Gasteiger partial charge < -0.3 is 4.90 Å². The summed E-state index contributed by atoms with van der Waals surface area (Å²) in [4.78, 5) is 2.51. The summed E-state index contributed by atoms with van der Waals surface area (Å²) in [6.45, 7) is 4.72. The van der Waals surface area contributed by atoms with E-state index in [9.17, 15) is 0 Å². The van der Waals surface area contributed by atoms with E-state index < -0.39 is 0 Å². The summed E-state index contributed by atoms with van der Waals surface area (Å²) in [6.07, 6.45) is 0. The van der Waals surface area contributed by atoms with Gasteiger partial charge in [0.15, 0.2) is 0 Å². The second-order valence-electron chi connectivity index (χ2n) is 13.7. The van der Waals surface area contributed by atoms with Crippen LogP contribution in [0, 0.1) is 0 Å². The first-order valence-corrected chi connectivity index (χ1v) is 17.5. The van der Waals surface area contributed by atoms with E-state index in [2.05, 4.69) is 207 Å². The molecule has 8 aromatic rings. The Morgan fingerprint density at radius 1 is 0.380 bits per heavy atom. The quantitative estimate of drug-likeness (QED) is 0.175. The van der Waals surface area contributed by atoms with Crippen molar-refractivity contribution in [3.05, 3.63) is 199 Å². The van der Waals surface area contributed by atoms with Crippen molar-refractivity contribution in [2.24, 2.45) is 0 Å². The minimum absolute atomic E-state index is 0.124. The van der Waals surface area contributed by atoms with Crippen LogP contribution in [0.15, 0.2) is 188 Å². The van der Waals surface area contributed by atoms with Gasteiger partial charge in [-0.15, -0.1) is 0 Å². The third-order valence-corrected chi connectivity index (χ3v) is 10.5. The van der Waals surface area contributed by atoms with Crippen molar-refractivity contribution < 1.29 is 0 Å². The molecule has 1 nitrogen and oxygen atoms in total. The third-order valence-electron chi connectivity index (χ3n) is 10.5. The van der Waals surface area contributed by atoms with Crippen LogP contribution in [0.1, 0.15) is 25.0 Å². The molecule has 0 aromatic heterocycles. The van der Waals surface area contributed by atoms with Crippen molar-refractivity contribution in [2.45, 2.75) is 19.3 Å². The molecule has 50 heavy (non-hydrogen) atoms. The maximum atomic E-state index is 2.51. The zero-order valence-electron chi connectivity index (χ0n) is 28.3. The third kappa shape index (κ3) is 4.85. The van der Waals surface area contributed by atoms with Gasteiger partial charge in [0.25, 0.3) is 0 Å². The summed E-state index contributed by atoms with van der Waals surface area (Å²) in [5, 5.41) is 2.43. The van der Waals surface area contributed by atoms with Crippen molar-refractivity contribution in [2.75, 3.05) is 4.90 Å². The second kappa shape index (κ2) is 12.1. The largest absolute Gasteiger partial charge is 0.309 e. The molecule has 0 bridgehead atoms. The Labute approximate surface area is 294 Å². The summed E-state index contributed by atoms with van der Waals surface area (Å²) in [6, 6.07) is 68.7. The molecular weight excluding hydrogens is 603 g/mol. The Balaban J connectivity index is 1.38. The van der Waals surface area contributed by atoms with Gasteiger partial charge in [-0.05, 0) is 79.7 Å². The van der Waals surface area contributed by atoms with Crippen LogP contribution in [0.4, 0.5) is 17.1 Å². The maximum Gasteiger partial charge on any atom is 0.0546 e. The minimum Gasteiger partial charge on any atom is -0.309 e. The van der Waals surface area contributed by atoms with E-state index in [-0.39, 0.29) is 5.41 Å². The number of anilines is 3. The van der Waals surface area contributed by atoms with Crippen LogP contribution in [0.25, 0.3) is 55.3 Å². The Hall–Kier alpha value is -6.18. The maximum absolute atomic E-state index is 2.51. The minimum atomic E-state index is -0.124. The molecule has 0 amide bonds. The Morgan fingerprint density at radius 2 is 0.920 bits per heavy atom. The van der Waals surface area contributed by atoms with Gasteiger partial charge in [-0.3, -0.25) is 0 Å². The van der Waals surface area contributed by atoms with Crippen LogP contribution in [-0.4, -0.2) is 0 Å². The van der Waals surface area contributed by atoms with Crippen molar-refractivity contribution in [3.8, 4) is 44.5 Å². The average Bonchev–Trinajstić information content (AvgIpc) is 3.41. The molecule has 0 unspecified atom stereocenters. The number of benzene rings is 8. The molecule has 1 heteroatoms. The Bertz CT molecular complexity index is 2500. The molecule has 8 aromatic carbocycles. The first-order chi connectivity index (χ1) is 24.6. The van der Waals surface area contributed by atoms with Gasteiger partial charge in [0.1, 0.15) is 0 Å². The summed E-state index contributed by atoms with van der Waals surface area (Å²) >= 11 is 0.